The Balaban J connectivity index is 1.75. The molecule has 2 heterocycles. The molecule has 0 radical (unpaired) electrons. The van der Waals surface area contributed by atoms with Crippen LogP contribution in [0.2, 0.25) is 0 Å². The summed E-state index contributed by atoms with van der Waals surface area (Å²) < 4.78 is 0. The van der Waals surface area contributed by atoms with Gasteiger partial charge in [0.25, 0.3) is 0 Å². The van der Waals surface area contributed by atoms with Crippen molar-refractivity contribution in [3.8, 4) is 0 Å². The van der Waals surface area contributed by atoms with Crippen LogP contribution >= 0.6 is 0 Å². The number of aliphatic hydroxyl groups is 1. The van der Waals surface area contributed by atoms with Gasteiger partial charge in [0.1, 0.15) is 5.60 Å². The Hall–Kier alpha value is -1.71. The molecule has 1 saturated heterocycles. The molecule has 0 aliphatic carbocycles. The average Bonchev–Trinajstić information content (AvgIpc) is 2.65. The topological polar surface area (TPSA) is 36.4 Å². The Morgan fingerprint density at radius 1 is 1.04 bits per heavy atom. The van der Waals surface area contributed by atoms with Gasteiger partial charge in [0, 0.05) is 18.3 Å². The molecule has 0 spiro atoms. The quantitative estimate of drug-likeness (QED) is 0.850. The third-order valence-corrected chi connectivity index (χ3v) is 5.67. The fourth-order valence-electron chi connectivity index (χ4n) is 4.17. The van der Waals surface area contributed by atoms with Gasteiger partial charge in [-0.15, -0.1) is 0 Å². The van der Waals surface area contributed by atoms with E-state index in [0.717, 1.165) is 24.2 Å². The predicted molar refractivity (Wildman–Crippen MR) is 102 cm³/mol. The minimum absolute atomic E-state index is 0.642. The highest BCUT2D eigenvalue weighted by Crippen LogP contribution is 2.33. The smallest absolute Gasteiger partial charge is 0.131 e. The molecule has 1 aliphatic heterocycles. The number of likely N-dealkylation sites (tertiary alicyclic amines) is 1. The van der Waals surface area contributed by atoms with E-state index in [1.165, 1.54) is 19.3 Å². The Labute approximate surface area is 151 Å². The second-order valence-electron chi connectivity index (χ2n) is 7.41. The molecule has 134 valence electrons. The summed E-state index contributed by atoms with van der Waals surface area (Å²) in [6, 6.07) is 17.0. The molecular weight excluding hydrogens is 308 g/mol. The van der Waals surface area contributed by atoms with E-state index >= 15 is 0 Å². The summed E-state index contributed by atoms with van der Waals surface area (Å²) >= 11 is 0. The zero-order chi connectivity index (χ0) is 17.7. The van der Waals surface area contributed by atoms with Crippen LogP contribution in [0.5, 0.6) is 0 Å². The first kappa shape index (κ1) is 18.1. The number of aromatic nitrogens is 1. The van der Waals surface area contributed by atoms with Gasteiger partial charge in [-0.25, -0.2) is 0 Å². The highest BCUT2D eigenvalue weighted by Gasteiger charge is 2.33. The Morgan fingerprint density at radius 3 is 2.36 bits per heavy atom. The van der Waals surface area contributed by atoms with Gasteiger partial charge in [0.05, 0.1) is 5.69 Å². The van der Waals surface area contributed by atoms with Gasteiger partial charge in [0.2, 0.25) is 0 Å². The molecule has 0 saturated carbocycles. The lowest BCUT2D eigenvalue weighted by atomic mass is 9.85. The van der Waals surface area contributed by atoms with Crippen molar-refractivity contribution < 1.29 is 5.11 Å². The first-order chi connectivity index (χ1) is 12.1. The second-order valence-corrected chi connectivity index (χ2v) is 7.41. The van der Waals surface area contributed by atoms with E-state index in [0.29, 0.717) is 18.5 Å². The maximum atomic E-state index is 11.5. The zero-order valence-corrected chi connectivity index (χ0v) is 15.4. The number of pyridine rings is 1. The maximum Gasteiger partial charge on any atom is 0.131 e. The molecule has 3 nitrogen and oxygen atoms in total. The SMILES string of the molecule is CC1CCCC(C)N1CCC[C@](O)(c1ccccc1)c1ccccn1. The van der Waals surface area contributed by atoms with E-state index in [9.17, 15) is 5.11 Å². The molecule has 1 aliphatic rings. The van der Waals surface area contributed by atoms with Crippen molar-refractivity contribution in [1.82, 2.24) is 9.88 Å². The molecule has 25 heavy (non-hydrogen) atoms. The predicted octanol–water partition coefficient (Wildman–Crippen LogP) is 4.36. The zero-order valence-electron chi connectivity index (χ0n) is 15.4. The summed E-state index contributed by atoms with van der Waals surface area (Å²) in [6.07, 6.45) is 7.31. The summed E-state index contributed by atoms with van der Waals surface area (Å²) in [4.78, 5) is 7.06. The third kappa shape index (κ3) is 4.10. The minimum Gasteiger partial charge on any atom is -0.379 e. The maximum absolute atomic E-state index is 11.5. The van der Waals surface area contributed by atoms with E-state index in [2.05, 4.69) is 23.7 Å². The molecule has 1 N–H and O–H groups in total. The number of piperidine rings is 1. The molecule has 3 rings (SSSR count). The summed E-state index contributed by atoms with van der Waals surface area (Å²) in [7, 11) is 0. The van der Waals surface area contributed by atoms with Crippen LogP contribution in [0, 0.1) is 0 Å². The molecular formula is C22H30N2O. The highest BCUT2D eigenvalue weighted by molar-refractivity contribution is 5.31. The summed E-state index contributed by atoms with van der Waals surface area (Å²) in [5.41, 5.74) is 0.638. The standard InChI is InChI=1S/C22H30N2O/c1-18-10-8-11-19(2)24(18)17-9-15-22(25,20-12-4-3-5-13-20)21-14-6-7-16-23-21/h3-7,12-14,16,18-19,25H,8-11,15,17H2,1-2H3/t18?,19?,22-/m0/s1. The van der Waals surface area contributed by atoms with Gasteiger partial charge >= 0.3 is 0 Å². The van der Waals surface area contributed by atoms with E-state index < -0.39 is 5.60 Å². The number of nitrogens with zero attached hydrogens (tertiary/aromatic N) is 2. The number of hydrogen-bond acceptors (Lipinski definition) is 3. The van der Waals surface area contributed by atoms with Crippen LogP contribution in [0.25, 0.3) is 0 Å². The van der Waals surface area contributed by atoms with Crippen LogP contribution in [0.1, 0.15) is 57.2 Å². The molecule has 0 amide bonds. The van der Waals surface area contributed by atoms with Gasteiger partial charge in [-0.1, -0.05) is 42.8 Å². The number of benzene rings is 1. The van der Waals surface area contributed by atoms with Gasteiger partial charge in [0.15, 0.2) is 0 Å². The van der Waals surface area contributed by atoms with Crippen LogP contribution in [0.3, 0.4) is 0 Å². The molecule has 2 aromatic rings. The van der Waals surface area contributed by atoms with Crippen LogP contribution in [0.15, 0.2) is 54.7 Å². The normalized spacial score (nSPS) is 24.0. The monoisotopic (exact) mass is 338 g/mol. The lowest BCUT2D eigenvalue weighted by Crippen LogP contribution is -2.44. The van der Waals surface area contributed by atoms with Crippen molar-refractivity contribution in [2.45, 2.75) is 63.6 Å². The Bertz CT molecular complexity index is 594. The fraction of sp³-hybridized carbons (Fsp3) is 0.500. The fourth-order valence-corrected chi connectivity index (χ4v) is 4.17. The van der Waals surface area contributed by atoms with Crippen molar-refractivity contribution in [1.29, 1.82) is 0 Å². The van der Waals surface area contributed by atoms with Crippen molar-refractivity contribution in [2.75, 3.05) is 6.54 Å². The van der Waals surface area contributed by atoms with Crippen LogP contribution in [0.4, 0.5) is 0 Å². The van der Waals surface area contributed by atoms with Crippen molar-refractivity contribution in [2.24, 2.45) is 0 Å². The molecule has 1 aromatic heterocycles. The van der Waals surface area contributed by atoms with E-state index in [4.69, 9.17) is 0 Å². The molecule has 2 unspecified atom stereocenters. The Kier molecular flexibility index (Phi) is 5.87. The van der Waals surface area contributed by atoms with E-state index in [1.54, 1.807) is 6.20 Å². The summed E-state index contributed by atoms with van der Waals surface area (Å²) in [5.74, 6) is 0. The van der Waals surface area contributed by atoms with E-state index in [-0.39, 0.29) is 0 Å². The largest absolute Gasteiger partial charge is 0.379 e. The van der Waals surface area contributed by atoms with Crippen molar-refractivity contribution in [3.05, 3.63) is 66.0 Å². The van der Waals surface area contributed by atoms with Gasteiger partial charge in [-0.2, -0.15) is 0 Å². The molecule has 3 heteroatoms. The highest BCUT2D eigenvalue weighted by atomic mass is 16.3. The number of rotatable bonds is 6. The Morgan fingerprint density at radius 2 is 1.72 bits per heavy atom. The summed E-state index contributed by atoms with van der Waals surface area (Å²) in [5, 5.41) is 11.5. The van der Waals surface area contributed by atoms with Gasteiger partial charge in [-0.05, 0) is 63.8 Å². The van der Waals surface area contributed by atoms with Crippen molar-refractivity contribution in [3.63, 3.8) is 0 Å². The number of hydrogen-bond donors (Lipinski definition) is 1. The van der Waals surface area contributed by atoms with Crippen LogP contribution in [-0.2, 0) is 5.60 Å². The van der Waals surface area contributed by atoms with E-state index in [1.807, 2.05) is 48.5 Å². The lowest BCUT2D eigenvalue weighted by molar-refractivity contribution is 0.0489. The minimum atomic E-state index is -1.02. The molecule has 0 bridgehead atoms. The van der Waals surface area contributed by atoms with Crippen LogP contribution in [-0.4, -0.2) is 33.6 Å². The molecule has 1 aromatic carbocycles. The summed E-state index contributed by atoms with van der Waals surface area (Å²) in [6.45, 7) is 5.69. The van der Waals surface area contributed by atoms with Crippen molar-refractivity contribution >= 4 is 0 Å². The van der Waals surface area contributed by atoms with Crippen LogP contribution < -0.4 is 0 Å². The first-order valence-electron chi connectivity index (χ1n) is 9.56. The third-order valence-electron chi connectivity index (χ3n) is 5.67. The second kappa shape index (κ2) is 8.11. The molecule has 3 atom stereocenters. The van der Waals surface area contributed by atoms with Gasteiger partial charge in [-0.3, -0.25) is 9.88 Å². The van der Waals surface area contributed by atoms with Gasteiger partial charge < -0.3 is 5.11 Å². The lowest BCUT2D eigenvalue weighted by Gasteiger charge is -2.39. The average molecular weight is 338 g/mol. The first-order valence-corrected chi connectivity index (χ1v) is 9.56. The molecule has 1 fully saturated rings.